The first-order valence-electron chi connectivity index (χ1n) is 9.45. The zero-order valence-corrected chi connectivity index (χ0v) is 16.1. The molecule has 2 heterocycles. The van der Waals surface area contributed by atoms with E-state index in [1.807, 2.05) is 61.5 Å². The maximum atomic E-state index is 12.4. The summed E-state index contributed by atoms with van der Waals surface area (Å²) >= 11 is 0. The van der Waals surface area contributed by atoms with E-state index in [1.165, 1.54) is 0 Å². The molecule has 1 aromatic heterocycles. The third-order valence-corrected chi connectivity index (χ3v) is 5.13. The Balaban J connectivity index is 1.38. The zero-order chi connectivity index (χ0) is 19.5. The Kier molecular flexibility index (Phi) is 5.02. The Bertz CT molecular complexity index is 947. The minimum Gasteiger partial charge on any atom is -0.497 e. The van der Waals surface area contributed by atoms with Gasteiger partial charge in [-0.25, -0.2) is 0 Å². The summed E-state index contributed by atoms with van der Waals surface area (Å²) in [6, 6.07) is 17.7. The third-order valence-electron chi connectivity index (χ3n) is 5.13. The number of hydrogen-bond acceptors (Lipinski definition) is 4. The Hall–Kier alpha value is -3.28. The minimum absolute atomic E-state index is 0.0206. The van der Waals surface area contributed by atoms with Crippen molar-refractivity contribution in [3.63, 3.8) is 0 Å². The molecule has 1 aliphatic rings. The van der Waals surface area contributed by atoms with Crippen molar-refractivity contribution in [2.24, 2.45) is 0 Å². The standard InChI is InChI=1S/C22H24N4O2/c1-15-3-5-17(6-4-15)22(27)23-18-11-12-26(14-18)21-13-20(24-25-21)16-7-9-19(28-2)10-8-16/h3-10,13,18H,11-12,14H2,1-2H3,(H,23,27)(H,24,25). The van der Waals surface area contributed by atoms with Crippen LogP contribution in [0.5, 0.6) is 5.75 Å². The van der Waals surface area contributed by atoms with E-state index in [-0.39, 0.29) is 11.9 Å². The number of methoxy groups -OCH3 is 1. The maximum Gasteiger partial charge on any atom is 0.251 e. The van der Waals surface area contributed by atoms with Gasteiger partial charge in [-0.15, -0.1) is 0 Å². The van der Waals surface area contributed by atoms with Gasteiger partial charge >= 0.3 is 0 Å². The van der Waals surface area contributed by atoms with Crippen LogP contribution in [-0.2, 0) is 0 Å². The molecule has 0 spiro atoms. The van der Waals surface area contributed by atoms with E-state index in [2.05, 4.69) is 20.4 Å². The topological polar surface area (TPSA) is 70.2 Å². The molecule has 0 bridgehead atoms. The molecular formula is C22H24N4O2. The molecule has 3 aromatic rings. The number of ether oxygens (including phenoxy) is 1. The van der Waals surface area contributed by atoms with Gasteiger partial charge < -0.3 is 15.0 Å². The third kappa shape index (κ3) is 3.86. The van der Waals surface area contributed by atoms with Crippen molar-refractivity contribution < 1.29 is 9.53 Å². The van der Waals surface area contributed by atoms with Gasteiger partial charge in [0.05, 0.1) is 12.8 Å². The fraction of sp³-hybridized carbons (Fsp3) is 0.273. The number of aryl methyl sites for hydroxylation is 1. The van der Waals surface area contributed by atoms with Crippen LogP contribution >= 0.6 is 0 Å². The SMILES string of the molecule is COc1ccc(-c2cc(N3CCC(NC(=O)c4ccc(C)cc4)C3)n[nH]2)cc1. The van der Waals surface area contributed by atoms with Crippen LogP contribution in [-0.4, -0.2) is 42.3 Å². The quantitative estimate of drug-likeness (QED) is 0.716. The monoisotopic (exact) mass is 376 g/mol. The van der Waals surface area contributed by atoms with Gasteiger partial charge in [-0.05, 0) is 55.3 Å². The number of hydrogen-bond donors (Lipinski definition) is 2. The first-order valence-corrected chi connectivity index (χ1v) is 9.45. The molecule has 1 unspecified atom stereocenters. The lowest BCUT2D eigenvalue weighted by molar-refractivity contribution is 0.0940. The van der Waals surface area contributed by atoms with Gasteiger partial charge in [-0.3, -0.25) is 9.89 Å². The summed E-state index contributed by atoms with van der Waals surface area (Å²) in [7, 11) is 1.66. The van der Waals surface area contributed by atoms with Crippen molar-refractivity contribution in [2.75, 3.05) is 25.1 Å². The summed E-state index contributed by atoms with van der Waals surface area (Å²) in [6.45, 7) is 3.64. The summed E-state index contributed by atoms with van der Waals surface area (Å²) in [5, 5.41) is 10.7. The number of nitrogens with one attached hydrogen (secondary N) is 2. The second-order valence-corrected chi connectivity index (χ2v) is 7.14. The Morgan fingerprint density at radius 1 is 1.18 bits per heavy atom. The highest BCUT2D eigenvalue weighted by Crippen LogP contribution is 2.26. The number of benzene rings is 2. The summed E-state index contributed by atoms with van der Waals surface area (Å²) < 4.78 is 5.20. The van der Waals surface area contributed by atoms with Crippen molar-refractivity contribution in [1.29, 1.82) is 0 Å². The second-order valence-electron chi connectivity index (χ2n) is 7.14. The van der Waals surface area contributed by atoms with E-state index in [0.29, 0.717) is 5.56 Å². The number of anilines is 1. The Morgan fingerprint density at radius 3 is 2.64 bits per heavy atom. The van der Waals surface area contributed by atoms with E-state index < -0.39 is 0 Å². The van der Waals surface area contributed by atoms with E-state index in [1.54, 1.807) is 7.11 Å². The van der Waals surface area contributed by atoms with Gasteiger partial charge in [0.15, 0.2) is 5.82 Å². The first-order chi connectivity index (χ1) is 13.6. The number of H-pyrrole nitrogens is 1. The molecule has 2 N–H and O–H groups in total. The molecule has 0 radical (unpaired) electrons. The van der Waals surface area contributed by atoms with Crippen LogP contribution < -0.4 is 15.0 Å². The molecule has 1 aliphatic heterocycles. The molecular weight excluding hydrogens is 352 g/mol. The predicted octanol–water partition coefficient (Wildman–Crippen LogP) is 3.40. The maximum absolute atomic E-state index is 12.4. The molecule has 1 fully saturated rings. The predicted molar refractivity (Wildman–Crippen MR) is 110 cm³/mol. The van der Waals surface area contributed by atoms with Crippen LogP contribution in [0.1, 0.15) is 22.3 Å². The van der Waals surface area contributed by atoms with Crippen LogP contribution in [0.15, 0.2) is 54.6 Å². The van der Waals surface area contributed by atoms with E-state index in [0.717, 1.165) is 47.9 Å². The van der Waals surface area contributed by atoms with E-state index >= 15 is 0 Å². The largest absolute Gasteiger partial charge is 0.497 e. The van der Waals surface area contributed by atoms with Crippen molar-refractivity contribution in [1.82, 2.24) is 15.5 Å². The minimum atomic E-state index is -0.0206. The molecule has 1 amide bonds. The molecule has 6 nitrogen and oxygen atoms in total. The van der Waals surface area contributed by atoms with Crippen LogP contribution in [0.25, 0.3) is 11.3 Å². The van der Waals surface area contributed by atoms with Gasteiger partial charge in [0.25, 0.3) is 5.91 Å². The van der Waals surface area contributed by atoms with Crippen molar-refractivity contribution >= 4 is 11.7 Å². The van der Waals surface area contributed by atoms with Crippen molar-refractivity contribution in [3.05, 3.63) is 65.7 Å². The number of rotatable bonds is 5. The zero-order valence-electron chi connectivity index (χ0n) is 16.1. The van der Waals surface area contributed by atoms with Gasteiger partial charge in [-0.1, -0.05) is 17.7 Å². The van der Waals surface area contributed by atoms with Crippen molar-refractivity contribution in [3.8, 4) is 17.0 Å². The molecule has 28 heavy (non-hydrogen) atoms. The van der Waals surface area contributed by atoms with Crippen molar-refractivity contribution in [2.45, 2.75) is 19.4 Å². The van der Waals surface area contributed by atoms with Crippen LogP contribution in [0.4, 0.5) is 5.82 Å². The number of nitrogens with zero attached hydrogens (tertiary/aromatic N) is 2. The molecule has 0 aliphatic carbocycles. The van der Waals surface area contributed by atoms with E-state index in [4.69, 9.17) is 4.74 Å². The molecule has 1 atom stereocenters. The molecule has 2 aromatic carbocycles. The molecule has 6 heteroatoms. The number of carbonyl (C=O) groups excluding carboxylic acids is 1. The normalized spacial score (nSPS) is 16.2. The van der Waals surface area contributed by atoms with Crippen LogP contribution in [0, 0.1) is 6.92 Å². The average molecular weight is 376 g/mol. The summed E-state index contributed by atoms with van der Waals surface area (Å²) in [5.41, 5.74) is 3.87. The summed E-state index contributed by atoms with van der Waals surface area (Å²) in [4.78, 5) is 14.6. The fourth-order valence-electron chi connectivity index (χ4n) is 3.45. The van der Waals surface area contributed by atoms with Gasteiger partial charge in [0.2, 0.25) is 0 Å². The fourth-order valence-corrected chi connectivity index (χ4v) is 3.45. The van der Waals surface area contributed by atoms with Gasteiger partial charge in [0.1, 0.15) is 5.75 Å². The first kappa shape index (κ1) is 18.1. The Morgan fingerprint density at radius 2 is 1.93 bits per heavy atom. The molecule has 0 saturated carbocycles. The number of aromatic nitrogens is 2. The lowest BCUT2D eigenvalue weighted by Gasteiger charge is -2.16. The Labute approximate surface area is 164 Å². The van der Waals surface area contributed by atoms with Gasteiger partial charge in [0, 0.05) is 30.8 Å². The van der Waals surface area contributed by atoms with E-state index in [9.17, 15) is 4.79 Å². The van der Waals surface area contributed by atoms with Crippen LogP contribution in [0.3, 0.4) is 0 Å². The van der Waals surface area contributed by atoms with Gasteiger partial charge in [-0.2, -0.15) is 5.10 Å². The summed E-state index contributed by atoms with van der Waals surface area (Å²) in [6.07, 6.45) is 0.905. The summed E-state index contributed by atoms with van der Waals surface area (Å²) in [5.74, 6) is 1.71. The molecule has 144 valence electrons. The smallest absolute Gasteiger partial charge is 0.251 e. The van der Waals surface area contributed by atoms with Crippen LogP contribution in [0.2, 0.25) is 0 Å². The highest BCUT2D eigenvalue weighted by Gasteiger charge is 2.26. The second kappa shape index (κ2) is 7.76. The molecule has 4 rings (SSSR count). The number of amides is 1. The highest BCUT2D eigenvalue weighted by molar-refractivity contribution is 5.94. The average Bonchev–Trinajstić information content (AvgIpc) is 3.38. The number of aromatic amines is 1. The highest BCUT2D eigenvalue weighted by atomic mass is 16.5. The number of carbonyl (C=O) groups is 1. The lowest BCUT2D eigenvalue weighted by atomic mass is 10.1. The lowest BCUT2D eigenvalue weighted by Crippen LogP contribution is -2.37. The molecule has 1 saturated heterocycles.